The molecule has 0 aliphatic heterocycles. The van der Waals surface area contributed by atoms with Crippen LogP contribution in [0, 0.1) is 13.8 Å². The second-order valence-electron chi connectivity index (χ2n) is 9.23. The number of pyridine rings is 4. The normalized spacial score (nSPS) is 10.5. The van der Waals surface area contributed by atoms with Crippen molar-refractivity contribution in [2.75, 3.05) is 5.32 Å². The number of anilines is 2. The van der Waals surface area contributed by atoms with Gasteiger partial charge in [-0.05, 0) is 78.2 Å². The van der Waals surface area contributed by atoms with E-state index in [0.717, 1.165) is 33.6 Å². The molecule has 0 fully saturated rings. The fraction of sp³-hybridized carbons (Fsp3) is 0.118. The number of aryl methyl sites for hydroxylation is 2. The average Bonchev–Trinajstić information content (AvgIpc) is 3.44. The Hall–Kier alpha value is -5.10. The molecule has 0 unspecified atom stereocenters. The van der Waals surface area contributed by atoms with E-state index in [9.17, 15) is 0 Å². The molecule has 0 saturated heterocycles. The van der Waals surface area contributed by atoms with Crippen LogP contribution in [-0.4, -0.2) is 24.5 Å². The summed E-state index contributed by atoms with van der Waals surface area (Å²) in [4.78, 5) is 17.2. The fourth-order valence-electron chi connectivity index (χ4n) is 4.38. The molecule has 0 atom stereocenters. The number of rotatable bonds is 3. The van der Waals surface area contributed by atoms with Crippen molar-refractivity contribution in [1.29, 1.82) is 0 Å². The van der Waals surface area contributed by atoms with Crippen LogP contribution in [0.2, 0.25) is 0 Å². The van der Waals surface area contributed by atoms with Crippen LogP contribution in [0.3, 0.4) is 0 Å². The minimum atomic E-state index is 0.872. The minimum Gasteiger partial charge on any atom is -0.340 e. The summed E-state index contributed by atoms with van der Waals surface area (Å²) in [7, 11) is 0. The predicted octanol–water partition coefficient (Wildman–Crippen LogP) is 8.59. The first-order chi connectivity index (χ1) is 19.6. The first kappa shape index (κ1) is 26.5. The monoisotopic (exact) mass is 524 g/mol. The van der Waals surface area contributed by atoms with E-state index < -0.39 is 0 Å². The molecule has 7 rings (SSSR count). The van der Waals surface area contributed by atoms with Crippen LogP contribution in [0.1, 0.15) is 25.0 Å². The molecule has 0 aliphatic carbocycles. The molecule has 1 N–H and O–H groups in total. The summed E-state index contributed by atoms with van der Waals surface area (Å²) in [5, 5.41) is 9.16. The summed E-state index contributed by atoms with van der Waals surface area (Å²) in [6.07, 6.45) is 13.2. The van der Waals surface area contributed by atoms with Gasteiger partial charge in [-0.3, -0.25) is 14.5 Å². The Bertz CT molecular complexity index is 1890. The smallest absolute Gasteiger partial charge is 0.137 e. The van der Waals surface area contributed by atoms with Gasteiger partial charge < -0.3 is 5.32 Å². The minimum absolute atomic E-state index is 0.872. The molecule has 5 heterocycles. The van der Waals surface area contributed by atoms with Crippen molar-refractivity contribution in [2.45, 2.75) is 27.7 Å². The Kier molecular flexibility index (Phi) is 8.07. The summed E-state index contributed by atoms with van der Waals surface area (Å²) in [6, 6.07) is 24.7. The van der Waals surface area contributed by atoms with E-state index in [2.05, 4.69) is 86.1 Å². The molecular weight excluding hydrogens is 492 g/mol. The largest absolute Gasteiger partial charge is 0.340 e. The van der Waals surface area contributed by atoms with Crippen LogP contribution in [0.4, 0.5) is 11.5 Å². The van der Waals surface area contributed by atoms with Gasteiger partial charge in [-0.25, -0.2) is 9.97 Å². The Morgan fingerprint density at radius 2 is 1.32 bits per heavy atom. The van der Waals surface area contributed by atoms with Gasteiger partial charge in [0.2, 0.25) is 0 Å². The van der Waals surface area contributed by atoms with Crippen molar-refractivity contribution in [3.8, 4) is 5.82 Å². The highest BCUT2D eigenvalue weighted by Gasteiger charge is 2.05. The number of nitrogens with one attached hydrogen (secondary N) is 1. The standard InChI is InChI=1S/C16H11N3.C16H15N3.C2H6/c1-2-4-14-10-18-16(9-13(14)3-1)19-8-6-12-5-7-17-11-15(12)19;1-11-7-16(18-9-12(11)2)19-15-4-3-14-10-17-6-5-13(14)8-15;1-2/h1-11H;3-10H,1-2H3,(H,18,19);1-2H3. The Balaban J connectivity index is 0.000000152. The van der Waals surface area contributed by atoms with Crippen LogP contribution in [-0.2, 0) is 0 Å². The third kappa shape index (κ3) is 5.81. The quantitative estimate of drug-likeness (QED) is 0.251. The van der Waals surface area contributed by atoms with Gasteiger partial charge in [0.25, 0.3) is 0 Å². The van der Waals surface area contributed by atoms with Gasteiger partial charge in [0, 0.05) is 59.0 Å². The third-order valence-corrected chi connectivity index (χ3v) is 6.64. The molecule has 0 bridgehead atoms. The number of aromatic nitrogens is 5. The second kappa shape index (κ2) is 12.2. The predicted molar refractivity (Wildman–Crippen MR) is 166 cm³/mol. The highest BCUT2D eigenvalue weighted by Crippen LogP contribution is 2.23. The van der Waals surface area contributed by atoms with E-state index in [1.807, 2.05) is 75.2 Å². The summed E-state index contributed by atoms with van der Waals surface area (Å²) in [6.45, 7) is 8.16. The van der Waals surface area contributed by atoms with E-state index in [1.165, 1.54) is 27.3 Å². The molecule has 40 heavy (non-hydrogen) atoms. The van der Waals surface area contributed by atoms with E-state index in [4.69, 9.17) is 0 Å². The Morgan fingerprint density at radius 1 is 0.600 bits per heavy atom. The van der Waals surface area contributed by atoms with Gasteiger partial charge in [0.05, 0.1) is 11.7 Å². The molecule has 198 valence electrons. The van der Waals surface area contributed by atoms with E-state index in [0.29, 0.717) is 0 Å². The van der Waals surface area contributed by atoms with Crippen molar-refractivity contribution < 1.29 is 0 Å². The lowest BCUT2D eigenvalue weighted by atomic mass is 10.1. The van der Waals surface area contributed by atoms with E-state index in [-0.39, 0.29) is 0 Å². The maximum absolute atomic E-state index is 4.53. The van der Waals surface area contributed by atoms with Crippen molar-refractivity contribution >= 4 is 44.0 Å². The van der Waals surface area contributed by atoms with Crippen LogP contribution < -0.4 is 5.32 Å². The molecule has 0 saturated carbocycles. The molecule has 0 aliphatic rings. The molecule has 2 aromatic carbocycles. The zero-order valence-corrected chi connectivity index (χ0v) is 23.2. The van der Waals surface area contributed by atoms with E-state index >= 15 is 0 Å². The molecule has 6 heteroatoms. The lowest BCUT2D eigenvalue weighted by molar-refractivity contribution is 1.05. The van der Waals surface area contributed by atoms with Crippen molar-refractivity contribution in [3.63, 3.8) is 0 Å². The molecule has 0 radical (unpaired) electrons. The Labute approximate surface area is 234 Å². The molecule has 7 aromatic rings. The number of benzene rings is 2. The third-order valence-electron chi connectivity index (χ3n) is 6.64. The number of fused-ring (bicyclic) bond motifs is 3. The SMILES string of the molecule is CC.Cc1cnc(Nc2ccc3cnccc3c2)cc1C.c1ccc2cc(-n3ccc4ccncc43)ncc2c1. The molecule has 0 amide bonds. The highest BCUT2D eigenvalue weighted by atomic mass is 15.1. The lowest BCUT2D eigenvalue weighted by Gasteiger charge is -2.08. The first-order valence-corrected chi connectivity index (χ1v) is 13.4. The maximum Gasteiger partial charge on any atom is 0.137 e. The van der Waals surface area contributed by atoms with Crippen molar-refractivity contribution in [2.24, 2.45) is 0 Å². The molecular formula is C34H32N6. The van der Waals surface area contributed by atoms with Gasteiger partial charge in [0.1, 0.15) is 11.6 Å². The number of hydrogen-bond acceptors (Lipinski definition) is 5. The molecule has 5 aromatic heterocycles. The topological polar surface area (TPSA) is 68.5 Å². The van der Waals surface area contributed by atoms with Gasteiger partial charge >= 0.3 is 0 Å². The molecule has 6 nitrogen and oxygen atoms in total. The Morgan fingerprint density at radius 3 is 2.15 bits per heavy atom. The zero-order valence-electron chi connectivity index (χ0n) is 23.2. The van der Waals surface area contributed by atoms with Gasteiger partial charge in [-0.15, -0.1) is 0 Å². The summed E-state index contributed by atoms with van der Waals surface area (Å²) in [5.74, 6) is 1.79. The lowest BCUT2D eigenvalue weighted by Crippen LogP contribution is -1.95. The summed E-state index contributed by atoms with van der Waals surface area (Å²) >= 11 is 0. The van der Waals surface area contributed by atoms with Crippen molar-refractivity contribution in [3.05, 3.63) is 127 Å². The van der Waals surface area contributed by atoms with Crippen LogP contribution in [0.5, 0.6) is 0 Å². The second-order valence-corrected chi connectivity index (χ2v) is 9.23. The van der Waals surface area contributed by atoms with Crippen LogP contribution in [0.15, 0.2) is 116 Å². The summed E-state index contributed by atoms with van der Waals surface area (Å²) in [5.41, 5.74) is 4.55. The molecule has 0 spiro atoms. The zero-order chi connectivity index (χ0) is 27.9. The van der Waals surface area contributed by atoms with Crippen LogP contribution in [0.25, 0.3) is 38.3 Å². The average molecular weight is 525 g/mol. The van der Waals surface area contributed by atoms with Crippen molar-refractivity contribution in [1.82, 2.24) is 24.5 Å². The number of hydrogen-bond donors (Lipinski definition) is 1. The number of nitrogens with zero attached hydrogens (tertiary/aromatic N) is 5. The summed E-state index contributed by atoms with van der Waals surface area (Å²) < 4.78 is 2.06. The van der Waals surface area contributed by atoms with Gasteiger partial charge in [0.15, 0.2) is 0 Å². The van der Waals surface area contributed by atoms with E-state index in [1.54, 1.807) is 12.4 Å². The van der Waals surface area contributed by atoms with Crippen LogP contribution >= 0.6 is 0 Å². The fourth-order valence-corrected chi connectivity index (χ4v) is 4.38. The maximum atomic E-state index is 4.53. The highest BCUT2D eigenvalue weighted by molar-refractivity contribution is 5.86. The first-order valence-electron chi connectivity index (χ1n) is 13.4. The van der Waals surface area contributed by atoms with Gasteiger partial charge in [-0.2, -0.15) is 0 Å². The van der Waals surface area contributed by atoms with Gasteiger partial charge in [-0.1, -0.05) is 44.2 Å².